The molecule has 0 aromatic heterocycles. The van der Waals surface area contributed by atoms with E-state index in [2.05, 4.69) is 56.4 Å². The number of benzene rings is 1. The van der Waals surface area contributed by atoms with E-state index in [1.165, 1.54) is 24.8 Å². The Hall–Kier alpha value is -0.860. The molecule has 1 aromatic rings. The van der Waals surface area contributed by atoms with Gasteiger partial charge in [0, 0.05) is 12.0 Å². The Morgan fingerprint density at radius 3 is 2.43 bits per heavy atom. The Morgan fingerprint density at radius 1 is 1.19 bits per heavy atom. The molecule has 2 aliphatic rings. The Balaban J connectivity index is 2.03. The molecular formula is C19H29NO. The Morgan fingerprint density at radius 2 is 1.90 bits per heavy atom. The van der Waals surface area contributed by atoms with E-state index in [1.807, 2.05) is 7.05 Å². The SMILES string of the molecule is CNCCO[C@]1(c2ccccc2)C[C@H]2CC[C@]1(C)C2(C)C. The minimum Gasteiger partial charge on any atom is -0.368 e. The van der Waals surface area contributed by atoms with E-state index in [-0.39, 0.29) is 11.0 Å². The zero-order valence-corrected chi connectivity index (χ0v) is 13.9. The van der Waals surface area contributed by atoms with Crippen molar-refractivity contribution in [2.24, 2.45) is 16.7 Å². The highest BCUT2D eigenvalue weighted by Crippen LogP contribution is 2.73. The third-order valence-corrected chi connectivity index (χ3v) is 6.80. The van der Waals surface area contributed by atoms with Crippen LogP contribution in [-0.2, 0) is 10.3 Å². The highest BCUT2D eigenvalue weighted by atomic mass is 16.5. The number of fused-ring (bicyclic) bond motifs is 2. The van der Waals surface area contributed by atoms with Crippen molar-refractivity contribution in [3.05, 3.63) is 35.9 Å². The van der Waals surface area contributed by atoms with E-state index in [1.54, 1.807) is 0 Å². The first-order valence-corrected chi connectivity index (χ1v) is 8.32. The number of hydrogen-bond acceptors (Lipinski definition) is 2. The van der Waals surface area contributed by atoms with Crippen molar-refractivity contribution in [3.63, 3.8) is 0 Å². The van der Waals surface area contributed by atoms with Crippen LogP contribution >= 0.6 is 0 Å². The molecule has 0 radical (unpaired) electrons. The fraction of sp³-hybridized carbons (Fsp3) is 0.684. The van der Waals surface area contributed by atoms with Gasteiger partial charge in [-0.1, -0.05) is 51.1 Å². The van der Waals surface area contributed by atoms with Gasteiger partial charge in [0.25, 0.3) is 0 Å². The van der Waals surface area contributed by atoms with Crippen LogP contribution in [0.3, 0.4) is 0 Å². The third kappa shape index (κ3) is 1.92. The van der Waals surface area contributed by atoms with Crippen LogP contribution in [0.2, 0.25) is 0 Å². The molecule has 2 nitrogen and oxygen atoms in total. The van der Waals surface area contributed by atoms with E-state index in [9.17, 15) is 0 Å². The molecule has 2 saturated carbocycles. The summed E-state index contributed by atoms with van der Waals surface area (Å²) in [4.78, 5) is 0. The minimum absolute atomic E-state index is 0.114. The molecule has 0 saturated heterocycles. The molecule has 21 heavy (non-hydrogen) atoms. The summed E-state index contributed by atoms with van der Waals surface area (Å²) in [7, 11) is 1.99. The molecule has 116 valence electrons. The van der Waals surface area contributed by atoms with Crippen LogP contribution in [0.5, 0.6) is 0 Å². The molecule has 1 N–H and O–H groups in total. The Bertz CT molecular complexity index is 498. The number of nitrogens with one attached hydrogen (secondary N) is 1. The van der Waals surface area contributed by atoms with Crippen LogP contribution < -0.4 is 5.32 Å². The van der Waals surface area contributed by atoms with Crippen molar-refractivity contribution in [2.45, 2.75) is 45.6 Å². The molecule has 0 heterocycles. The number of ether oxygens (including phenoxy) is 1. The van der Waals surface area contributed by atoms with Gasteiger partial charge in [0.1, 0.15) is 0 Å². The maximum absolute atomic E-state index is 6.63. The maximum Gasteiger partial charge on any atom is 0.0993 e. The van der Waals surface area contributed by atoms with E-state index in [0.717, 1.165) is 19.1 Å². The summed E-state index contributed by atoms with van der Waals surface area (Å²) in [6, 6.07) is 10.9. The second-order valence-electron chi connectivity index (χ2n) is 7.64. The van der Waals surface area contributed by atoms with Crippen LogP contribution in [0.1, 0.15) is 45.6 Å². The van der Waals surface area contributed by atoms with Crippen LogP contribution in [-0.4, -0.2) is 20.2 Å². The molecule has 2 fully saturated rings. The third-order valence-electron chi connectivity index (χ3n) is 6.80. The average Bonchev–Trinajstić information content (AvgIpc) is 2.80. The molecule has 2 heteroatoms. The van der Waals surface area contributed by atoms with Crippen molar-refractivity contribution in [2.75, 3.05) is 20.2 Å². The lowest BCUT2D eigenvalue weighted by atomic mass is 9.62. The summed E-state index contributed by atoms with van der Waals surface area (Å²) in [5.41, 5.74) is 1.83. The van der Waals surface area contributed by atoms with Crippen molar-refractivity contribution in [1.29, 1.82) is 0 Å². The van der Waals surface area contributed by atoms with Gasteiger partial charge in [0.05, 0.1) is 12.2 Å². The highest BCUT2D eigenvalue weighted by molar-refractivity contribution is 5.32. The zero-order valence-electron chi connectivity index (χ0n) is 13.9. The second kappa shape index (κ2) is 5.10. The highest BCUT2D eigenvalue weighted by Gasteiger charge is 2.69. The number of rotatable bonds is 5. The van der Waals surface area contributed by atoms with Gasteiger partial charge in [-0.15, -0.1) is 0 Å². The summed E-state index contributed by atoms with van der Waals surface area (Å²) in [6.07, 6.45) is 3.80. The van der Waals surface area contributed by atoms with Crippen LogP contribution in [0, 0.1) is 16.7 Å². The van der Waals surface area contributed by atoms with E-state index < -0.39 is 0 Å². The molecule has 0 amide bonds. The van der Waals surface area contributed by atoms with Crippen LogP contribution in [0.4, 0.5) is 0 Å². The van der Waals surface area contributed by atoms with Crippen molar-refractivity contribution in [3.8, 4) is 0 Å². The van der Waals surface area contributed by atoms with Gasteiger partial charge in [-0.3, -0.25) is 0 Å². The zero-order chi connectivity index (χ0) is 15.1. The van der Waals surface area contributed by atoms with Gasteiger partial charge < -0.3 is 10.1 Å². The van der Waals surface area contributed by atoms with Gasteiger partial charge in [-0.05, 0) is 43.2 Å². The molecule has 2 bridgehead atoms. The molecule has 1 aromatic carbocycles. The molecule has 3 rings (SSSR count). The molecular weight excluding hydrogens is 258 g/mol. The van der Waals surface area contributed by atoms with Gasteiger partial charge in [-0.25, -0.2) is 0 Å². The predicted molar refractivity (Wildman–Crippen MR) is 87.2 cm³/mol. The Labute approximate surface area is 129 Å². The number of likely N-dealkylation sites (N-methyl/N-ethyl adjacent to an activating group) is 1. The predicted octanol–water partition coefficient (Wildman–Crippen LogP) is 3.96. The molecule has 3 atom stereocenters. The number of hydrogen-bond donors (Lipinski definition) is 1. The summed E-state index contributed by atoms with van der Waals surface area (Å²) in [5, 5.41) is 3.21. The Kier molecular flexibility index (Phi) is 3.66. The van der Waals surface area contributed by atoms with Crippen molar-refractivity contribution < 1.29 is 4.74 Å². The van der Waals surface area contributed by atoms with Gasteiger partial charge in [-0.2, -0.15) is 0 Å². The fourth-order valence-corrected chi connectivity index (χ4v) is 5.02. The molecule has 0 spiro atoms. The maximum atomic E-state index is 6.63. The van der Waals surface area contributed by atoms with Crippen molar-refractivity contribution in [1.82, 2.24) is 5.32 Å². The lowest BCUT2D eigenvalue weighted by Gasteiger charge is -2.49. The van der Waals surface area contributed by atoms with Gasteiger partial charge in [0.15, 0.2) is 0 Å². The van der Waals surface area contributed by atoms with Crippen LogP contribution in [0.15, 0.2) is 30.3 Å². The van der Waals surface area contributed by atoms with E-state index >= 15 is 0 Å². The first kappa shape index (κ1) is 15.1. The minimum atomic E-state index is -0.114. The standard InChI is InChI=1S/C19H29NO/c1-17(2)16-10-11-18(17,3)19(14-16,21-13-12-20-4)15-8-6-5-7-9-15/h5-9,16,20H,10-14H2,1-4H3/t16-,18-,19+/m1/s1. The first-order chi connectivity index (χ1) is 9.98. The summed E-state index contributed by atoms with van der Waals surface area (Å²) in [6.45, 7) is 9.07. The molecule has 0 unspecified atom stereocenters. The van der Waals surface area contributed by atoms with E-state index in [4.69, 9.17) is 4.74 Å². The summed E-state index contributed by atoms with van der Waals surface area (Å²) in [5.74, 6) is 0.775. The van der Waals surface area contributed by atoms with E-state index in [0.29, 0.717) is 5.41 Å². The molecule has 2 aliphatic carbocycles. The summed E-state index contributed by atoms with van der Waals surface area (Å²) >= 11 is 0. The first-order valence-electron chi connectivity index (χ1n) is 8.32. The van der Waals surface area contributed by atoms with Crippen LogP contribution in [0.25, 0.3) is 0 Å². The lowest BCUT2D eigenvalue weighted by molar-refractivity contribution is -0.145. The average molecular weight is 287 g/mol. The largest absolute Gasteiger partial charge is 0.368 e. The monoisotopic (exact) mass is 287 g/mol. The lowest BCUT2D eigenvalue weighted by Crippen LogP contribution is -2.47. The quantitative estimate of drug-likeness (QED) is 0.828. The van der Waals surface area contributed by atoms with Gasteiger partial charge in [0.2, 0.25) is 0 Å². The normalized spacial score (nSPS) is 37.0. The fourth-order valence-electron chi connectivity index (χ4n) is 5.02. The topological polar surface area (TPSA) is 21.3 Å². The molecule has 0 aliphatic heterocycles. The smallest absolute Gasteiger partial charge is 0.0993 e. The summed E-state index contributed by atoms with van der Waals surface area (Å²) < 4.78 is 6.63. The van der Waals surface area contributed by atoms with Gasteiger partial charge >= 0.3 is 0 Å². The second-order valence-corrected chi connectivity index (χ2v) is 7.64. The van der Waals surface area contributed by atoms with Crippen molar-refractivity contribution >= 4 is 0 Å².